The highest BCUT2D eigenvalue weighted by Crippen LogP contribution is 2.19. The van der Waals surface area contributed by atoms with Gasteiger partial charge in [0.25, 0.3) is 0 Å². The van der Waals surface area contributed by atoms with Gasteiger partial charge in [0.15, 0.2) is 11.6 Å². The molecule has 0 spiro atoms. The summed E-state index contributed by atoms with van der Waals surface area (Å²) >= 11 is 0. The van der Waals surface area contributed by atoms with E-state index in [1.807, 2.05) is 12.1 Å². The molecule has 0 radical (unpaired) electrons. The van der Waals surface area contributed by atoms with E-state index in [1.54, 1.807) is 13.8 Å². The third-order valence-corrected chi connectivity index (χ3v) is 2.70. The Hall–Kier alpha value is -2.66. The summed E-state index contributed by atoms with van der Waals surface area (Å²) in [6.45, 7) is 3.29. The molecule has 5 heteroatoms. The first-order valence-corrected chi connectivity index (χ1v) is 6.23. The Morgan fingerprint density at radius 3 is 1.85 bits per heavy atom. The summed E-state index contributed by atoms with van der Waals surface area (Å²) in [5.74, 6) is -0.468. The van der Waals surface area contributed by atoms with Crippen molar-refractivity contribution in [1.29, 1.82) is 10.5 Å². The number of Topliss-reactive ketones (excluding diaryl/α,β-unsaturated/α-hetero) is 2. The fourth-order valence-electron chi connectivity index (χ4n) is 1.61. The Bertz CT molecular complexity index is 560. The molecule has 0 aliphatic rings. The van der Waals surface area contributed by atoms with E-state index < -0.39 is 6.10 Å². The second-order valence-corrected chi connectivity index (χ2v) is 4.11. The molecular weight excluding hydrogens is 256 g/mol. The molecule has 1 rings (SSSR count). The van der Waals surface area contributed by atoms with Gasteiger partial charge in [-0.3, -0.25) is 9.59 Å². The summed E-state index contributed by atoms with van der Waals surface area (Å²) in [5.41, 5.74) is 0.483. The van der Waals surface area contributed by atoms with Gasteiger partial charge in [0.2, 0.25) is 6.10 Å². The summed E-state index contributed by atoms with van der Waals surface area (Å²) in [4.78, 5) is 23.5. The van der Waals surface area contributed by atoms with Crippen LogP contribution in [0.5, 0.6) is 5.75 Å². The fourth-order valence-corrected chi connectivity index (χ4v) is 1.61. The number of nitriles is 2. The molecule has 0 unspecified atom stereocenters. The molecule has 0 aromatic heterocycles. The molecule has 20 heavy (non-hydrogen) atoms. The Morgan fingerprint density at radius 1 is 1.05 bits per heavy atom. The van der Waals surface area contributed by atoms with Crippen LogP contribution in [0.1, 0.15) is 37.8 Å². The zero-order valence-electron chi connectivity index (χ0n) is 11.3. The van der Waals surface area contributed by atoms with E-state index in [4.69, 9.17) is 15.3 Å². The molecule has 0 N–H and O–H groups in total. The maximum atomic E-state index is 11.7. The van der Waals surface area contributed by atoms with Crippen LogP contribution in [0.3, 0.4) is 0 Å². The lowest BCUT2D eigenvalue weighted by molar-refractivity contribution is -0.136. The quantitative estimate of drug-likeness (QED) is 0.738. The number of benzene rings is 1. The van der Waals surface area contributed by atoms with E-state index in [9.17, 15) is 9.59 Å². The third kappa shape index (κ3) is 3.66. The summed E-state index contributed by atoms with van der Waals surface area (Å²) in [5, 5.41) is 17.8. The van der Waals surface area contributed by atoms with Crippen LogP contribution < -0.4 is 4.74 Å². The summed E-state index contributed by atoms with van der Waals surface area (Å²) < 4.78 is 5.40. The smallest absolute Gasteiger partial charge is 0.214 e. The number of ketones is 2. The number of nitrogens with zero attached hydrogens (tertiary/aromatic N) is 2. The van der Waals surface area contributed by atoms with Crippen molar-refractivity contribution in [2.45, 2.75) is 32.8 Å². The topological polar surface area (TPSA) is 90.9 Å². The van der Waals surface area contributed by atoms with Gasteiger partial charge >= 0.3 is 0 Å². The van der Waals surface area contributed by atoms with E-state index in [0.717, 1.165) is 0 Å². The monoisotopic (exact) mass is 270 g/mol. The van der Waals surface area contributed by atoms with E-state index in [2.05, 4.69) is 0 Å². The largest absolute Gasteiger partial charge is 0.475 e. The van der Waals surface area contributed by atoms with Gasteiger partial charge in [-0.05, 0) is 18.2 Å². The van der Waals surface area contributed by atoms with Gasteiger partial charge in [0.05, 0.1) is 23.3 Å². The molecular formula is C15H14N2O3. The van der Waals surface area contributed by atoms with Crippen LogP contribution in [-0.2, 0) is 9.59 Å². The molecule has 0 fully saturated rings. The molecule has 5 nitrogen and oxygen atoms in total. The van der Waals surface area contributed by atoms with Gasteiger partial charge in [-0.25, -0.2) is 0 Å². The fraction of sp³-hybridized carbons (Fsp3) is 0.333. The van der Waals surface area contributed by atoms with Crippen LogP contribution in [-0.4, -0.2) is 17.7 Å². The first kappa shape index (κ1) is 15.4. The van der Waals surface area contributed by atoms with Gasteiger partial charge in [0.1, 0.15) is 5.75 Å². The van der Waals surface area contributed by atoms with Crippen molar-refractivity contribution in [3.63, 3.8) is 0 Å². The first-order valence-electron chi connectivity index (χ1n) is 6.23. The second kappa shape index (κ2) is 7.06. The van der Waals surface area contributed by atoms with Crippen molar-refractivity contribution in [3.05, 3.63) is 29.3 Å². The van der Waals surface area contributed by atoms with E-state index >= 15 is 0 Å². The van der Waals surface area contributed by atoms with Crippen molar-refractivity contribution in [1.82, 2.24) is 0 Å². The highest BCUT2D eigenvalue weighted by molar-refractivity contribution is 6.05. The highest BCUT2D eigenvalue weighted by Gasteiger charge is 2.25. The minimum absolute atomic E-state index is 0.175. The molecule has 0 saturated heterocycles. The van der Waals surface area contributed by atoms with Gasteiger partial charge < -0.3 is 4.74 Å². The minimum atomic E-state index is -1.18. The first-order chi connectivity index (χ1) is 9.55. The minimum Gasteiger partial charge on any atom is -0.475 e. The van der Waals surface area contributed by atoms with Crippen molar-refractivity contribution in [2.75, 3.05) is 0 Å². The summed E-state index contributed by atoms with van der Waals surface area (Å²) in [7, 11) is 0. The predicted molar refractivity (Wildman–Crippen MR) is 70.9 cm³/mol. The lowest BCUT2D eigenvalue weighted by atomic mass is 10.1. The maximum Gasteiger partial charge on any atom is 0.214 e. The van der Waals surface area contributed by atoms with Crippen LogP contribution in [0.15, 0.2) is 18.2 Å². The Balaban J connectivity index is 3.12. The highest BCUT2D eigenvalue weighted by atomic mass is 16.5. The molecule has 102 valence electrons. The lowest BCUT2D eigenvalue weighted by Gasteiger charge is -2.16. The molecule has 0 aliphatic carbocycles. The number of hydrogen-bond donors (Lipinski definition) is 0. The van der Waals surface area contributed by atoms with Gasteiger partial charge in [-0.1, -0.05) is 13.8 Å². The predicted octanol–water partition coefficient (Wildman–Crippen LogP) is 2.14. The molecule has 0 saturated carbocycles. The number of ether oxygens (including phenoxy) is 1. The second-order valence-electron chi connectivity index (χ2n) is 4.11. The maximum absolute atomic E-state index is 11.7. The van der Waals surface area contributed by atoms with E-state index in [1.165, 1.54) is 18.2 Å². The zero-order valence-corrected chi connectivity index (χ0v) is 11.3. The summed E-state index contributed by atoms with van der Waals surface area (Å²) in [6, 6.07) is 8.01. The number of hydrogen-bond acceptors (Lipinski definition) is 5. The molecule has 0 atom stereocenters. The van der Waals surface area contributed by atoms with Crippen LogP contribution in [0.2, 0.25) is 0 Å². The third-order valence-electron chi connectivity index (χ3n) is 2.70. The molecule has 0 heterocycles. The van der Waals surface area contributed by atoms with Crippen LogP contribution in [0.25, 0.3) is 0 Å². The van der Waals surface area contributed by atoms with E-state index in [0.29, 0.717) is 0 Å². The SMILES string of the molecule is CCC(=O)C(Oc1cc(C#N)cc(C#N)c1)C(=O)CC. The number of carbonyl (C=O) groups is 2. The number of rotatable bonds is 6. The van der Waals surface area contributed by atoms with Crippen molar-refractivity contribution < 1.29 is 14.3 Å². The molecule has 0 bridgehead atoms. The molecule has 0 aliphatic heterocycles. The van der Waals surface area contributed by atoms with Crippen molar-refractivity contribution in [3.8, 4) is 17.9 Å². The lowest BCUT2D eigenvalue weighted by Crippen LogP contribution is -2.35. The van der Waals surface area contributed by atoms with E-state index in [-0.39, 0.29) is 41.3 Å². The average molecular weight is 270 g/mol. The zero-order chi connectivity index (χ0) is 15.1. The Labute approximate surface area is 117 Å². The molecule has 1 aromatic carbocycles. The summed E-state index contributed by atoms with van der Waals surface area (Å²) in [6.07, 6.45) is -0.815. The van der Waals surface area contributed by atoms with Gasteiger partial charge in [-0.2, -0.15) is 10.5 Å². The molecule has 0 amide bonds. The Kier molecular flexibility index (Phi) is 5.43. The average Bonchev–Trinajstić information content (AvgIpc) is 2.50. The normalized spacial score (nSPS) is 9.65. The van der Waals surface area contributed by atoms with Gasteiger partial charge in [-0.15, -0.1) is 0 Å². The van der Waals surface area contributed by atoms with Gasteiger partial charge in [0, 0.05) is 12.8 Å². The van der Waals surface area contributed by atoms with Crippen LogP contribution in [0.4, 0.5) is 0 Å². The number of carbonyl (C=O) groups excluding carboxylic acids is 2. The standard InChI is InChI=1S/C15H14N2O3/c1-3-13(18)15(14(19)4-2)20-12-6-10(8-16)5-11(7-12)9-17/h5-7,15H,3-4H2,1-2H3. The van der Waals surface area contributed by atoms with Crippen LogP contribution in [0, 0.1) is 22.7 Å². The molecule has 1 aromatic rings. The van der Waals surface area contributed by atoms with Crippen LogP contribution >= 0.6 is 0 Å². The van der Waals surface area contributed by atoms with Crippen molar-refractivity contribution in [2.24, 2.45) is 0 Å². The Morgan fingerprint density at radius 2 is 1.50 bits per heavy atom. The van der Waals surface area contributed by atoms with Crippen molar-refractivity contribution >= 4 is 11.6 Å².